The first-order valence-corrected chi connectivity index (χ1v) is 5.40. The first kappa shape index (κ1) is 7.05. The van der Waals surface area contributed by atoms with Crippen molar-refractivity contribution in [1.82, 2.24) is 0 Å². The summed E-state index contributed by atoms with van der Waals surface area (Å²) in [6.45, 7) is 0. The van der Waals surface area contributed by atoms with Gasteiger partial charge in [-0.3, -0.25) is 0 Å². The van der Waals surface area contributed by atoms with Crippen LogP contribution in [0.4, 0.5) is 0 Å². The maximum Gasteiger partial charge on any atom is 0.00900 e. The van der Waals surface area contributed by atoms with Gasteiger partial charge in [0.05, 0.1) is 0 Å². The molecule has 0 heterocycles. The lowest BCUT2D eigenvalue weighted by Crippen LogP contribution is -2.13. The van der Waals surface area contributed by atoms with Gasteiger partial charge in [0.15, 0.2) is 0 Å². The van der Waals surface area contributed by atoms with E-state index in [-0.39, 0.29) is 0 Å². The predicted octanol–water partition coefficient (Wildman–Crippen LogP) is 3.24. The van der Waals surface area contributed by atoms with E-state index in [1.807, 2.05) is 0 Å². The molecule has 68 valence electrons. The van der Waals surface area contributed by atoms with Crippen LogP contribution in [0, 0.1) is 11.8 Å². The second-order valence-corrected chi connectivity index (χ2v) is 4.60. The lowest BCUT2D eigenvalue weighted by Gasteiger charge is -2.22. The van der Waals surface area contributed by atoms with Gasteiger partial charge in [0.1, 0.15) is 0 Å². The van der Waals surface area contributed by atoms with E-state index < -0.39 is 0 Å². The Hall–Kier alpha value is -1.30. The van der Waals surface area contributed by atoms with E-state index in [0.717, 1.165) is 11.8 Å². The van der Waals surface area contributed by atoms with Crippen LogP contribution >= 0.6 is 0 Å². The molecule has 1 aromatic carbocycles. The molecule has 0 spiro atoms. The number of hydrogen-bond acceptors (Lipinski definition) is 0. The molecule has 0 heteroatoms. The standard InChI is InChI=1S/C14H12/c1-2-4-12-10(3-1)11-7-5-9-6-8-13(11)14(9)12/h1-9,11,13-14H/t9-,11-,13-,14+/m1/s1. The highest BCUT2D eigenvalue weighted by atomic mass is 14.5. The van der Waals surface area contributed by atoms with Crippen molar-refractivity contribution in [1.29, 1.82) is 0 Å². The van der Waals surface area contributed by atoms with E-state index in [1.54, 1.807) is 11.1 Å². The van der Waals surface area contributed by atoms with E-state index in [2.05, 4.69) is 48.6 Å². The highest BCUT2D eigenvalue weighted by molar-refractivity contribution is 5.50. The summed E-state index contributed by atoms with van der Waals surface area (Å²) >= 11 is 0. The minimum absolute atomic E-state index is 0.672. The van der Waals surface area contributed by atoms with E-state index in [1.165, 1.54) is 0 Å². The van der Waals surface area contributed by atoms with Gasteiger partial charge in [-0.2, -0.15) is 0 Å². The number of allylic oxidation sites excluding steroid dienone is 4. The van der Waals surface area contributed by atoms with Gasteiger partial charge < -0.3 is 0 Å². The van der Waals surface area contributed by atoms with Crippen LogP contribution in [0.3, 0.4) is 0 Å². The maximum atomic E-state index is 2.43. The molecule has 0 N–H and O–H groups in total. The first-order chi connectivity index (χ1) is 6.95. The highest BCUT2D eigenvalue weighted by Crippen LogP contribution is 2.57. The van der Waals surface area contributed by atoms with Gasteiger partial charge in [0.25, 0.3) is 0 Å². The summed E-state index contributed by atoms with van der Waals surface area (Å²) in [5.41, 5.74) is 3.17. The molecule has 3 aliphatic rings. The molecule has 0 radical (unpaired) electrons. The fourth-order valence-corrected chi connectivity index (χ4v) is 3.50. The number of hydrogen-bond donors (Lipinski definition) is 0. The molecule has 1 aromatic rings. The van der Waals surface area contributed by atoms with E-state index in [0.29, 0.717) is 11.8 Å². The third kappa shape index (κ3) is 0.639. The van der Waals surface area contributed by atoms with Gasteiger partial charge in [-0.05, 0) is 17.0 Å². The Morgan fingerprint density at radius 1 is 0.786 bits per heavy atom. The monoisotopic (exact) mass is 180 g/mol. The second-order valence-electron chi connectivity index (χ2n) is 4.60. The average molecular weight is 180 g/mol. The Morgan fingerprint density at radius 2 is 1.57 bits per heavy atom. The smallest absolute Gasteiger partial charge is 0.00900 e. The molecule has 0 unspecified atom stereocenters. The number of fused-ring (bicyclic) bond motifs is 2. The Bertz CT molecular complexity index is 453. The van der Waals surface area contributed by atoms with Crippen LogP contribution in [0.2, 0.25) is 0 Å². The summed E-state index contributed by atoms with van der Waals surface area (Å²) in [6, 6.07) is 8.97. The van der Waals surface area contributed by atoms with Crippen molar-refractivity contribution < 1.29 is 0 Å². The van der Waals surface area contributed by atoms with Crippen molar-refractivity contribution in [3.05, 3.63) is 59.7 Å². The quantitative estimate of drug-likeness (QED) is 0.538. The van der Waals surface area contributed by atoms with Crippen LogP contribution in [0.25, 0.3) is 0 Å². The van der Waals surface area contributed by atoms with E-state index in [4.69, 9.17) is 0 Å². The van der Waals surface area contributed by atoms with Crippen molar-refractivity contribution in [3.8, 4) is 0 Å². The van der Waals surface area contributed by atoms with Crippen molar-refractivity contribution in [2.75, 3.05) is 0 Å². The summed E-state index contributed by atoms with van der Waals surface area (Å²) in [7, 11) is 0. The van der Waals surface area contributed by atoms with Crippen LogP contribution in [0.5, 0.6) is 0 Å². The summed E-state index contributed by atoms with van der Waals surface area (Å²) < 4.78 is 0. The minimum atomic E-state index is 0.672. The van der Waals surface area contributed by atoms with Crippen LogP contribution in [-0.2, 0) is 0 Å². The third-order valence-corrected chi connectivity index (χ3v) is 4.05. The zero-order chi connectivity index (χ0) is 9.12. The molecular formula is C14H12. The molecule has 3 aliphatic carbocycles. The lowest BCUT2D eigenvalue weighted by molar-refractivity contribution is 0.476. The Balaban J connectivity index is 2.03. The number of benzene rings is 1. The summed E-state index contributed by atoms with van der Waals surface area (Å²) in [5.74, 6) is 2.88. The molecular weight excluding hydrogens is 168 g/mol. The van der Waals surface area contributed by atoms with Crippen LogP contribution < -0.4 is 0 Å². The van der Waals surface area contributed by atoms with E-state index >= 15 is 0 Å². The van der Waals surface area contributed by atoms with Crippen molar-refractivity contribution >= 4 is 0 Å². The molecule has 4 rings (SSSR count). The number of rotatable bonds is 0. The van der Waals surface area contributed by atoms with Crippen molar-refractivity contribution in [2.45, 2.75) is 11.8 Å². The average Bonchev–Trinajstić information content (AvgIpc) is 2.63. The molecule has 0 aromatic heterocycles. The Morgan fingerprint density at radius 3 is 2.50 bits per heavy atom. The van der Waals surface area contributed by atoms with Crippen molar-refractivity contribution in [2.24, 2.45) is 11.8 Å². The van der Waals surface area contributed by atoms with Gasteiger partial charge in [0, 0.05) is 17.8 Å². The van der Waals surface area contributed by atoms with Crippen molar-refractivity contribution in [3.63, 3.8) is 0 Å². The molecule has 0 saturated heterocycles. The largest absolute Gasteiger partial charge is 0.0832 e. The summed E-state index contributed by atoms with van der Waals surface area (Å²) in [6.07, 6.45) is 9.63. The van der Waals surface area contributed by atoms with Gasteiger partial charge in [-0.25, -0.2) is 0 Å². The van der Waals surface area contributed by atoms with E-state index in [9.17, 15) is 0 Å². The van der Waals surface area contributed by atoms with Gasteiger partial charge in [-0.1, -0.05) is 48.6 Å². The molecule has 14 heavy (non-hydrogen) atoms. The Kier molecular flexibility index (Phi) is 1.11. The van der Waals surface area contributed by atoms with Crippen LogP contribution in [-0.4, -0.2) is 0 Å². The maximum absolute atomic E-state index is 2.43. The molecule has 0 fully saturated rings. The van der Waals surface area contributed by atoms with Crippen LogP contribution in [0.15, 0.2) is 48.6 Å². The molecule has 0 nitrogen and oxygen atoms in total. The zero-order valence-corrected chi connectivity index (χ0v) is 7.93. The molecule has 4 bridgehead atoms. The van der Waals surface area contributed by atoms with Gasteiger partial charge in [-0.15, -0.1) is 0 Å². The second kappa shape index (κ2) is 2.20. The minimum Gasteiger partial charge on any atom is -0.0832 e. The van der Waals surface area contributed by atoms with Gasteiger partial charge >= 0.3 is 0 Å². The SMILES string of the molecule is C1=C[C@H]2[C@@H]3c4ccccc4[C@H]2C=C[C@H]13. The fraction of sp³-hybridized carbons (Fsp3) is 0.286. The summed E-state index contributed by atoms with van der Waals surface area (Å²) in [4.78, 5) is 0. The first-order valence-electron chi connectivity index (χ1n) is 5.40. The topological polar surface area (TPSA) is 0 Å². The van der Waals surface area contributed by atoms with Crippen LogP contribution in [0.1, 0.15) is 23.0 Å². The van der Waals surface area contributed by atoms with Gasteiger partial charge in [0.2, 0.25) is 0 Å². The third-order valence-electron chi connectivity index (χ3n) is 4.05. The normalized spacial score (nSPS) is 40.3. The molecule has 0 aliphatic heterocycles. The summed E-state index contributed by atoms with van der Waals surface area (Å²) in [5, 5.41) is 0. The zero-order valence-electron chi connectivity index (χ0n) is 7.93. The highest BCUT2D eigenvalue weighted by Gasteiger charge is 2.45. The Labute approximate surface area is 84.0 Å². The fourth-order valence-electron chi connectivity index (χ4n) is 3.50. The molecule has 0 saturated carbocycles. The predicted molar refractivity (Wildman–Crippen MR) is 57.2 cm³/mol. The molecule has 0 amide bonds. The molecule has 4 atom stereocenters. The lowest BCUT2D eigenvalue weighted by atomic mass is 9.80.